The van der Waals surface area contributed by atoms with E-state index < -0.39 is 0 Å². The van der Waals surface area contributed by atoms with E-state index in [9.17, 15) is 4.79 Å². The van der Waals surface area contributed by atoms with Gasteiger partial charge in [-0.25, -0.2) is 9.97 Å². The van der Waals surface area contributed by atoms with E-state index in [0.717, 1.165) is 12.0 Å². The molecule has 6 heteroatoms. The Balaban J connectivity index is 2.07. The predicted octanol–water partition coefficient (Wildman–Crippen LogP) is 1.88. The molecule has 0 radical (unpaired) electrons. The molecule has 0 aliphatic heterocycles. The van der Waals surface area contributed by atoms with Crippen molar-refractivity contribution in [2.45, 2.75) is 6.42 Å². The van der Waals surface area contributed by atoms with Crippen molar-refractivity contribution in [2.75, 3.05) is 11.9 Å². The zero-order chi connectivity index (χ0) is 13.7. The molecule has 0 bridgehead atoms. The molecule has 98 valence electrons. The number of anilines is 1. The first-order chi connectivity index (χ1) is 9.19. The van der Waals surface area contributed by atoms with Gasteiger partial charge in [-0.2, -0.15) is 0 Å². The van der Waals surface area contributed by atoms with E-state index in [0.29, 0.717) is 17.9 Å². The SMILES string of the molecule is NCCc1ccc(C(=O)Nc2ccnc(Cl)n2)cc1. The molecule has 0 aliphatic rings. The van der Waals surface area contributed by atoms with Crippen molar-refractivity contribution in [1.29, 1.82) is 0 Å². The minimum absolute atomic E-state index is 0.0936. The quantitative estimate of drug-likeness (QED) is 0.836. The zero-order valence-corrected chi connectivity index (χ0v) is 10.9. The van der Waals surface area contributed by atoms with Gasteiger partial charge in [0.15, 0.2) is 0 Å². The molecule has 2 rings (SSSR count). The first-order valence-corrected chi connectivity index (χ1v) is 6.16. The smallest absolute Gasteiger partial charge is 0.256 e. The number of nitrogens with one attached hydrogen (secondary N) is 1. The Bertz CT molecular complexity index is 571. The van der Waals surface area contributed by atoms with Gasteiger partial charge < -0.3 is 11.1 Å². The number of rotatable bonds is 4. The molecule has 3 N–H and O–H groups in total. The lowest BCUT2D eigenvalue weighted by Gasteiger charge is -2.05. The van der Waals surface area contributed by atoms with E-state index in [1.807, 2.05) is 12.1 Å². The lowest BCUT2D eigenvalue weighted by molar-refractivity contribution is 0.102. The Morgan fingerprint density at radius 3 is 2.63 bits per heavy atom. The molecule has 1 aromatic heterocycles. The number of nitrogens with zero attached hydrogens (tertiary/aromatic N) is 2. The normalized spacial score (nSPS) is 10.2. The second kappa shape index (κ2) is 6.26. The van der Waals surface area contributed by atoms with Gasteiger partial charge >= 0.3 is 0 Å². The highest BCUT2D eigenvalue weighted by atomic mass is 35.5. The molecule has 0 aliphatic carbocycles. The Morgan fingerprint density at radius 1 is 1.26 bits per heavy atom. The van der Waals surface area contributed by atoms with Crippen molar-refractivity contribution >= 4 is 23.3 Å². The molecule has 1 heterocycles. The van der Waals surface area contributed by atoms with Gasteiger partial charge in [0.1, 0.15) is 5.82 Å². The van der Waals surface area contributed by atoms with Gasteiger partial charge in [0.2, 0.25) is 5.28 Å². The van der Waals surface area contributed by atoms with Crippen LogP contribution in [0.1, 0.15) is 15.9 Å². The Labute approximate surface area is 115 Å². The van der Waals surface area contributed by atoms with Gasteiger partial charge in [-0.1, -0.05) is 12.1 Å². The maximum absolute atomic E-state index is 12.0. The number of hydrogen-bond donors (Lipinski definition) is 2. The van der Waals surface area contributed by atoms with E-state index in [-0.39, 0.29) is 11.2 Å². The van der Waals surface area contributed by atoms with Crippen LogP contribution in [-0.2, 0) is 6.42 Å². The fraction of sp³-hybridized carbons (Fsp3) is 0.154. The van der Waals surface area contributed by atoms with Gasteiger partial charge in [-0.15, -0.1) is 0 Å². The highest BCUT2D eigenvalue weighted by Gasteiger charge is 2.07. The summed E-state index contributed by atoms with van der Waals surface area (Å²) in [7, 11) is 0. The number of aromatic nitrogens is 2. The van der Waals surface area contributed by atoms with Crippen molar-refractivity contribution in [3.63, 3.8) is 0 Å². The van der Waals surface area contributed by atoms with Crippen molar-refractivity contribution < 1.29 is 4.79 Å². The molecule has 0 saturated carbocycles. The third kappa shape index (κ3) is 3.74. The second-order valence-corrected chi connectivity index (χ2v) is 4.24. The lowest BCUT2D eigenvalue weighted by atomic mass is 10.1. The number of benzene rings is 1. The molecule has 0 saturated heterocycles. The lowest BCUT2D eigenvalue weighted by Crippen LogP contribution is -2.13. The van der Waals surface area contributed by atoms with Crippen LogP contribution < -0.4 is 11.1 Å². The number of amides is 1. The maximum Gasteiger partial charge on any atom is 0.256 e. The van der Waals surface area contributed by atoms with Gasteiger partial charge in [0, 0.05) is 11.8 Å². The summed E-state index contributed by atoms with van der Waals surface area (Å²) in [5.41, 5.74) is 7.12. The molecule has 5 nitrogen and oxygen atoms in total. The number of carbonyl (C=O) groups excluding carboxylic acids is 1. The van der Waals surface area contributed by atoms with Gasteiger partial charge in [-0.05, 0) is 48.3 Å². The maximum atomic E-state index is 12.0. The minimum atomic E-state index is -0.242. The number of hydrogen-bond acceptors (Lipinski definition) is 4. The van der Waals surface area contributed by atoms with Crippen LogP contribution in [0.5, 0.6) is 0 Å². The summed E-state index contributed by atoms with van der Waals surface area (Å²) in [6, 6.07) is 8.85. The summed E-state index contributed by atoms with van der Waals surface area (Å²) in [6.45, 7) is 0.588. The van der Waals surface area contributed by atoms with E-state index in [1.165, 1.54) is 6.20 Å². The monoisotopic (exact) mass is 276 g/mol. The first kappa shape index (κ1) is 13.5. The largest absolute Gasteiger partial charge is 0.330 e. The number of halogens is 1. The topological polar surface area (TPSA) is 80.9 Å². The van der Waals surface area contributed by atoms with E-state index in [2.05, 4.69) is 15.3 Å². The summed E-state index contributed by atoms with van der Waals surface area (Å²) in [5, 5.41) is 2.74. The number of carbonyl (C=O) groups is 1. The highest BCUT2D eigenvalue weighted by Crippen LogP contribution is 2.10. The van der Waals surface area contributed by atoms with Crippen LogP contribution in [0.4, 0.5) is 5.82 Å². The Kier molecular flexibility index (Phi) is 4.43. The Hall–Kier alpha value is -1.98. The molecule has 2 aromatic rings. The van der Waals surface area contributed by atoms with E-state index in [1.54, 1.807) is 18.2 Å². The molecule has 1 aromatic carbocycles. The fourth-order valence-electron chi connectivity index (χ4n) is 1.58. The van der Waals surface area contributed by atoms with Crippen LogP contribution in [0.15, 0.2) is 36.5 Å². The third-order valence-electron chi connectivity index (χ3n) is 2.52. The van der Waals surface area contributed by atoms with Crippen LogP contribution in [0, 0.1) is 0 Å². The molecule has 0 atom stereocenters. The summed E-state index contributed by atoms with van der Waals surface area (Å²) >= 11 is 5.64. The standard InChI is InChI=1S/C13H13ClN4O/c14-13-16-8-6-11(18-13)17-12(19)10-3-1-9(2-4-10)5-7-15/h1-4,6,8H,5,7,15H2,(H,16,17,18,19). The molecule has 1 amide bonds. The predicted molar refractivity (Wildman–Crippen MR) is 74.2 cm³/mol. The number of nitrogens with two attached hydrogens (primary N) is 1. The van der Waals surface area contributed by atoms with Crippen LogP contribution in [-0.4, -0.2) is 22.4 Å². The molecular weight excluding hydrogens is 264 g/mol. The van der Waals surface area contributed by atoms with Crippen LogP contribution >= 0.6 is 11.6 Å². The fourth-order valence-corrected chi connectivity index (χ4v) is 1.73. The van der Waals surface area contributed by atoms with Gasteiger partial charge in [-0.3, -0.25) is 4.79 Å². The summed E-state index contributed by atoms with van der Waals surface area (Å²) < 4.78 is 0. The van der Waals surface area contributed by atoms with Crippen LogP contribution in [0.3, 0.4) is 0 Å². The Morgan fingerprint density at radius 2 is 2.00 bits per heavy atom. The minimum Gasteiger partial charge on any atom is -0.330 e. The average molecular weight is 277 g/mol. The van der Waals surface area contributed by atoms with Gasteiger partial charge in [0.25, 0.3) is 5.91 Å². The summed E-state index contributed by atoms with van der Waals surface area (Å²) in [5.74, 6) is 0.130. The van der Waals surface area contributed by atoms with E-state index in [4.69, 9.17) is 17.3 Å². The molecular formula is C13H13ClN4O. The average Bonchev–Trinajstić information content (AvgIpc) is 2.40. The molecule has 0 unspecified atom stereocenters. The van der Waals surface area contributed by atoms with Crippen molar-refractivity contribution in [3.05, 3.63) is 52.9 Å². The van der Waals surface area contributed by atoms with Crippen LogP contribution in [0.25, 0.3) is 0 Å². The summed E-state index contributed by atoms with van der Waals surface area (Å²) in [6.07, 6.45) is 2.28. The third-order valence-corrected chi connectivity index (χ3v) is 2.70. The highest BCUT2D eigenvalue weighted by molar-refractivity contribution is 6.28. The van der Waals surface area contributed by atoms with E-state index >= 15 is 0 Å². The van der Waals surface area contributed by atoms with Crippen molar-refractivity contribution in [2.24, 2.45) is 5.73 Å². The first-order valence-electron chi connectivity index (χ1n) is 5.78. The van der Waals surface area contributed by atoms with Crippen molar-refractivity contribution in [1.82, 2.24) is 9.97 Å². The van der Waals surface area contributed by atoms with Crippen molar-refractivity contribution in [3.8, 4) is 0 Å². The summed E-state index contributed by atoms with van der Waals surface area (Å²) in [4.78, 5) is 19.6. The second-order valence-electron chi connectivity index (χ2n) is 3.90. The van der Waals surface area contributed by atoms with Gasteiger partial charge in [0.05, 0.1) is 0 Å². The van der Waals surface area contributed by atoms with Crippen LogP contribution in [0.2, 0.25) is 5.28 Å². The molecule has 0 fully saturated rings. The zero-order valence-electron chi connectivity index (χ0n) is 10.1. The molecule has 0 spiro atoms. The molecule has 19 heavy (non-hydrogen) atoms.